The Bertz CT molecular complexity index is 2350. The van der Waals surface area contributed by atoms with Crippen molar-refractivity contribution in [3.05, 3.63) is 120 Å². The first kappa shape index (κ1) is 23.2. The minimum Gasteiger partial charge on any atom is -0.359 e. The summed E-state index contributed by atoms with van der Waals surface area (Å²) in [5.41, 5.74) is 6.61. The molecule has 196 valence electrons. The van der Waals surface area contributed by atoms with Crippen LogP contribution in [0.25, 0.3) is 51.4 Å². The van der Waals surface area contributed by atoms with Gasteiger partial charge in [0, 0.05) is 41.9 Å². The van der Waals surface area contributed by atoms with Crippen molar-refractivity contribution in [2.24, 2.45) is 0 Å². The van der Waals surface area contributed by atoms with Gasteiger partial charge >= 0.3 is 0 Å². The highest BCUT2D eigenvalue weighted by Crippen LogP contribution is 2.52. The molecule has 41 heavy (non-hydrogen) atoms. The number of pyridine rings is 1. The maximum atomic E-state index is 14.7. The average Bonchev–Trinajstić information content (AvgIpc) is 3.68. The van der Waals surface area contributed by atoms with Crippen molar-refractivity contribution < 1.29 is 4.39 Å². The van der Waals surface area contributed by atoms with E-state index in [1.807, 2.05) is 23.5 Å². The predicted molar refractivity (Wildman–Crippen MR) is 174 cm³/mol. The van der Waals surface area contributed by atoms with Crippen molar-refractivity contribution in [2.75, 3.05) is 10.2 Å². The highest BCUT2D eigenvalue weighted by molar-refractivity contribution is 7.26. The summed E-state index contributed by atoms with van der Waals surface area (Å²) in [5.74, 6) is -0.238. The molecule has 1 unspecified atom stereocenters. The van der Waals surface area contributed by atoms with Gasteiger partial charge in [0.05, 0.1) is 27.3 Å². The third-order valence-electron chi connectivity index (χ3n) is 8.29. The number of aromatic nitrogens is 1. The molecule has 5 aromatic carbocycles. The molecule has 3 aromatic heterocycles. The van der Waals surface area contributed by atoms with Crippen LogP contribution in [0.4, 0.5) is 21.5 Å². The maximum absolute atomic E-state index is 14.7. The molecule has 0 saturated heterocycles. The number of thiophene rings is 2. The van der Waals surface area contributed by atoms with Crippen molar-refractivity contribution in [3.63, 3.8) is 0 Å². The van der Waals surface area contributed by atoms with Crippen LogP contribution in [0.2, 0.25) is 0 Å². The number of fused-ring (bicyclic) bond motifs is 8. The van der Waals surface area contributed by atoms with Crippen molar-refractivity contribution in [2.45, 2.75) is 13.1 Å². The molecule has 0 amide bonds. The van der Waals surface area contributed by atoms with Crippen molar-refractivity contribution in [1.29, 1.82) is 0 Å². The number of hydrogen-bond acceptors (Lipinski definition) is 5. The molecular weight excluding hydrogens is 546 g/mol. The predicted octanol–water partition coefficient (Wildman–Crippen LogP) is 10.7. The number of nitrogens with zero attached hydrogens (tertiary/aromatic N) is 2. The van der Waals surface area contributed by atoms with Gasteiger partial charge in [-0.3, -0.25) is 0 Å². The van der Waals surface area contributed by atoms with E-state index in [9.17, 15) is 4.39 Å². The van der Waals surface area contributed by atoms with Gasteiger partial charge in [0.2, 0.25) is 0 Å². The van der Waals surface area contributed by atoms with E-state index >= 15 is 0 Å². The zero-order valence-electron chi connectivity index (χ0n) is 22.0. The highest BCUT2D eigenvalue weighted by Gasteiger charge is 2.34. The monoisotopic (exact) mass is 567 g/mol. The fourth-order valence-corrected chi connectivity index (χ4v) is 8.91. The molecular formula is C35H22FN3S2. The summed E-state index contributed by atoms with van der Waals surface area (Å²) in [4.78, 5) is 8.26. The second kappa shape index (κ2) is 8.49. The van der Waals surface area contributed by atoms with E-state index in [1.54, 1.807) is 17.4 Å². The molecule has 6 heteroatoms. The van der Waals surface area contributed by atoms with Crippen LogP contribution in [-0.2, 0) is 0 Å². The van der Waals surface area contributed by atoms with Crippen LogP contribution < -0.4 is 10.2 Å². The number of nitrogens with one attached hydrogen (secondary N) is 1. The van der Waals surface area contributed by atoms with Gasteiger partial charge in [-0.1, -0.05) is 60.7 Å². The molecule has 0 fully saturated rings. The normalized spacial score (nSPS) is 15.0. The molecule has 4 heterocycles. The summed E-state index contributed by atoms with van der Waals surface area (Å²) < 4.78 is 18.5. The third kappa shape index (κ3) is 3.26. The van der Waals surface area contributed by atoms with Crippen LogP contribution in [0.5, 0.6) is 0 Å². The standard InChI is InChI=1S/C35H22FN3S2/c1-19-16-17-29(33-31(19)21-8-2-5-15-30(21)40-33)39-28-14-4-3-12-27(28)37-34(39)22-10-6-9-20-23-18-24-25(36)11-7-13-26(24)38-35(23)41-32(20)22/h2-18,34,37H,1H3. The molecule has 8 aromatic rings. The molecule has 1 aliphatic heterocycles. The number of rotatable bonds is 2. The zero-order valence-corrected chi connectivity index (χ0v) is 23.6. The lowest BCUT2D eigenvalue weighted by Crippen LogP contribution is -2.23. The van der Waals surface area contributed by atoms with Gasteiger partial charge in [-0.15, -0.1) is 22.7 Å². The summed E-state index contributed by atoms with van der Waals surface area (Å²) in [6.07, 6.45) is -0.119. The summed E-state index contributed by atoms with van der Waals surface area (Å²) in [6.45, 7) is 2.21. The van der Waals surface area contributed by atoms with E-state index in [4.69, 9.17) is 4.98 Å². The van der Waals surface area contributed by atoms with Crippen LogP contribution in [0.3, 0.4) is 0 Å². The Kier molecular flexibility index (Phi) is 4.81. The average molecular weight is 568 g/mol. The highest BCUT2D eigenvalue weighted by atomic mass is 32.1. The molecule has 1 atom stereocenters. The zero-order chi connectivity index (χ0) is 27.2. The fraction of sp³-hybridized carbons (Fsp3) is 0.0571. The molecule has 0 radical (unpaired) electrons. The number of halogens is 1. The Hall–Kier alpha value is -4.52. The number of para-hydroxylation sites is 2. The van der Waals surface area contributed by atoms with Crippen molar-refractivity contribution in [1.82, 2.24) is 4.98 Å². The Morgan fingerprint density at radius 3 is 2.51 bits per heavy atom. The quantitative estimate of drug-likeness (QED) is 0.225. The lowest BCUT2D eigenvalue weighted by Gasteiger charge is -2.28. The fourth-order valence-electron chi connectivity index (χ4n) is 6.42. The van der Waals surface area contributed by atoms with E-state index in [0.29, 0.717) is 10.9 Å². The molecule has 0 saturated carbocycles. The van der Waals surface area contributed by atoms with Crippen molar-refractivity contribution >= 4 is 91.1 Å². The van der Waals surface area contributed by atoms with Crippen LogP contribution in [0.1, 0.15) is 17.3 Å². The van der Waals surface area contributed by atoms with Gasteiger partial charge in [-0.2, -0.15) is 0 Å². The van der Waals surface area contributed by atoms with Gasteiger partial charge in [0.25, 0.3) is 0 Å². The van der Waals surface area contributed by atoms with E-state index in [-0.39, 0.29) is 12.0 Å². The number of hydrogen-bond donors (Lipinski definition) is 1. The number of anilines is 3. The summed E-state index contributed by atoms with van der Waals surface area (Å²) >= 11 is 3.54. The lowest BCUT2D eigenvalue weighted by atomic mass is 10.0. The van der Waals surface area contributed by atoms with E-state index in [0.717, 1.165) is 27.0 Å². The van der Waals surface area contributed by atoms with Gasteiger partial charge in [-0.25, -0.2) is 9.37 Å². The molecule has 0 aliphatic carbocycles. The molecule has 0 spiro atoms. The topological polar surface area (TPSA) is 28.2 Å². The first-order valence-electron chi connectivity index (χ1n) is 13.6. The van der Waals surface area contributed by atoms with Crippen LogP contribution in [0.15, 0.2) is 103 Å². The molecule has 1 aliphatic rings. The summed E-state index contributed by atoms with van der Waals surface area (Å²) in [6, 6.07) is 35.3. The second-order valence-corrected chi connectivity index (χ2v) is 12.7. The molecule has 3 nitrogen and oxygen atoms in total. The second-order valence-electron chi connectivity index (χ2n) is 10.6. The minimum atomic E-state index is -0.238. The Morgan fingerprint density at radius 2 is 1.56 bits per heavy atom. The summed E-state index contributed by atoms with van der Waals surface area (Å²) in [7, 11) is 0. The molecule has 0 bridgehead atoms. The minimum absolute atomic E-state index is 0.119. The maximum Gasteiger partial charge on any atom is 0.132 e. The Balaban J connectivity index is 1.31. The van der Waals surface area contributed by atoms with Crippen LogP contribution in [-0.4, -0.2) is 4.98 Å². The van der Waals surface area contributed by atoms with Gasteiger partial charge < -0.3 is 10.2 Å². The van der Waals surface area contributed by atoms with Crippen LogP contribution >= 0.6 is 22.7 Å². The first-order valence-corrected chi connectivity index (χ1v) is 15.2. The van der Waals surface area contributed by atoms with E-state index < -0.39 is 0 Å². The Morgan fingerprint density at radius 1 is 0.732 bits per heavy atom. The number of aryl methyl sites for hydroxylation is 1. The van der Waals surface area contributed by atoms with Crippen LogP contribution in [0, 0.1) is 12.7 Å². The smallest absolute Gasteiger partial charge is 0.132 e. The van der Waals surface area contributed by atoms with E-state index in [1.165, 1.54) is 47.8 Å². The molecule has 9 rings (SSSR count). The van der Waals surface area contributed by atoms with Crippen molar-refractivity contribution in [3.8, 4) is 0 Å². The van der Waals surface area contributed by atoms with Gasteiger partial charge in [0.1, 0.15) is 16.8 Å². The van der Waals surface area contributed by atoms with Gasteiger partial charge in [0.15, 0.2) is 0 Å². The Labute approximate surface area is 243 Å². The SMILES string of the molecule is Cc1ccc(N2c3ccccc3NC2c2cccc3c2sc2nc4cccc(F)c4cc23)c2sc3ccccc3c12. The van der Waals surface area contributed by atoms with Gasteiger partial charge in [-0.05, 0) is 55.0 Å². The van der Waals surface area contributed by atoms with E-state index in [2.05, 4.69) is 96.0 Å². The summed E-state index contributed by atoms with van der Waals surface area (Å²) in [5, 5.41) is 9.14. The first-order chi connectivity index (χ1) is 20.2. The molecule has 1 N–H and O–H groups in total. The largest absolute Gasteiger partial charge is 0.359 e. The lowest BCUT2D eigenvalue weighted by molar-refractivity contribution is 0.640. The third-order valence-corrected chi connectivity index (χ3v) is 10.6. The number of benzene rings is 5.